The van der Waals surface area contributed by atoms with E-state index in [2.05, 4.69) is 28.4 Å². The smallest absolute Gasteiger partial charge is 0.220 e. The fraction of sp³-hybridized carbons (Fsp3) is 0.480. The number of anilines is 1. The number of hydrogen-bond acceptors (Lipinski definition) is 5. The number of carbonyl (C=O) groups is 1. The van der Waals surface area contributed by atoms with Crippen molar-refractivity contribution in [2.24, 2.45) is 17.6 Å². The predicted octanol–water partition coefficient (Wildman–Crippen LogP) is 3.34. The highest BCUT2D eigenvalue weighted by Gasteiger charge is 2.29. The fourth-order valence-corrected chi connectivity index (χ4v) is 5.40. The van der Waals surface area contributed by atoms with E-state index in [-0.39, 0.29) is 11.8 Å². The Balaban J connectivity index is 1.69. The topological polar surface area (TPSA) is 96.7 Å². The van der Waals surface area contributed by atoms with Crippen LogP contribution < -0.4 is 10.6 Å². The lowest BCUT2D eigenvalue weighted by Gasteiger charge is -2.35. The number of amides is 1. The van der Waals surface area contributed by atoms with Crippen LogP contribution in [0.2, 0.25) is 0 Å². The van der Waals surface area contributed by atoms with E-state index in [1.54, 1.807) is 0 Å². The Morgan fingerprint density at radius 1 is 1.22 bits per heavy atom. The van der Waals surface area contributed by atoms with E-state index in [0.29, 0.717) is 11.5 Å². The van der Waals surface area contributed by atoms with E-state index in [1.165, 1.54) is 0 Å². The number of ether oxygens (including phenoxy) is 1. The van der Waals surface area contributed by atoms with Gasteiger partial charge in [0, 0.05) is 32.2 Å². The van der Waals surface area contributed by atoms with Crippen LogP contribution in [0.1, 0.15) is 42.4 Å². The van der Waals surface area contributed by atoms with E-state index in [0.717, 1.165) is 92.0 Å². The highest BCUT2D eigenvalue weighted by Crippen LogP contribution is 2.36. The number of fused-ring (bicyclic) bond motifs is 3. The largest absolute Gasteiger partial charge is 0.381 e. The molecule has 2 N–H and O–H groups in total. The molecular formula is C25H29N5O2. The minimum absolute atomic E-state index is 0.0679. The highest BCUT2D eigenvalue weighted by atomic mass is 16.5. The van der Waals surface area contributed by atoms with Crippen molar-refractivity contribution in [3.8, 4) is 6.07 Å². The molecule has 5 rings (SSSR count). The molecule has 0 atom stereocenters. The van der Waals surface area contributed by atoms with Gasteiger partial charge >= 0.3 is 0 Å². The molecule has 1 aromatic carbocycles. The molecule has 0 radical (unpaired) electrons. The maximum atomic E-state index is 11.7. The lowest BCUT2D eigenvalue weighted by atomic mass is 9.88. The zero-order valence-corrected chi connectivity index (χ0v) is 18.5. The van der Waals surface area contributed by atoms with Crippen molar-refractivity contribution in [3.63, 3.8) is 0 Å². The number of hydrogen-bond donors (Lipinski definition) is 1. The number of nitrogens with two attached hydrogens (primary N) is 1. The first-order valence-electron chi connectivity index (χ1n) is 11.5. The Labute approximate surface area is 187 Å². The third-order valence-electron chi connectivity index (χ3n) is 7.23. The van der Waals surface area contributed by atoms with Gasteiger partial charge in [-0.15, -0.1) is 0 Å². The van der Waals surface area contributed by atoms with Gasteiger partial charge in [-0.2, -0.15) is 5.26 Å². The quantitative estimate of drug-likeness (QED) is 0.683. The summed E-state index contributed by atoms with van der Waals surface area (Å²) in [6, 6.07) is 10.5. The summed E-state index contributed by atoms with van der Waals surface area (Å²) in [5.41, 5.74) is 11.1. The molecule has 0 bridgehead atoms. The van der Waals surface area contributed by atoms with Gasteiger partial charge in [0.15, 0.2) is 5.65 Å². The minimum Gasteiger partial charge on any atom is -0.381 e. The van der Waals surface area contributed by atoms with Crippen LogP contribution in [0.4, 0.5) is 5.82 Å². The van der Waals surface area contributed by atoms with Crippen LogP contribution in [-0.4, -0.2) is 41.6 Å². The van der Waals surface area contributed by atoms with Crippen LogP contribution in [0.15, 0.2) is 24.3 Å². The van der Waals surface area contributed by atoms with Crippen LogP contribution in [0, 0.1) is 30.1 Å². The van der Waals surface area contributed by atoms with Gasteiger partial charge in [-0.3, -0.25) is 9.20 Å². The summed E-state index contributed by atoms with van der Waals surface area (Å²) < 4.78 is 7.71. The average molecular weight is 432 g/mol. The van der Waals surface area contributed by atoms with Gasteiger partial charge in [-0.25, -0.2) is 4.98 Å². The summed E-state index contributed by atoms with van der Waals surface area (Å²) >= 11 is 0. The van der Waals surface area contributed by atoms with Crippen molar-refractivity contribution in [1.82, 2.24) is 9.38 Å². The number of pyridine rings is 1. The number of carbonyl (C=O) groups excluding carboxylic acids is 1. The summed E-state index contributed by atoms with van der Waals surface area (Å²) in [5.74, 6) is 1.33. The average Bonchev–Trinajstić information content (AvgIpc) is 3.19. The lowest BCUT2D eigenvalue weighted by molar-refractivity contribution is -0.122. The molecule has 2 aliphatic heterocycles. The molecule has 32 heavy (non-hydrogen) atoms. The van der Waals surface area contributed by atoms with Crippen molar-refractivity contribution in [2.75, 3.05) is 31.2 Å². The van der Waals surface area contributed by atoms with Gasteiger partial charge in [-0.05, 0) is 68.2 Å². The maximum Gasteiger partial charge on any atom is 0.220 e. The monoisotopic (exact) mass is 431 g/mol. The second-order valence-electron chi connectivity index (χ2n) is 9.10. The summed E-state index contributed by atoms with van der Waals surface area (Å²) in [4.78, 5) is 19.0. The van der Waals surface area contributed by atoms with Crippen molar-refractivity contribution >= 4 is 28.4 Å². The van der Waals surface area contributed by atoms with Gasteiger partial charge in [-0.1, -0.05) is 12.1 Å². The summed E-state index contributed by atoms with van der Waals surface area (Å²) in [6.07, 6.45) is 4.40. The van der Waals surface area contributed by atoms with Crippen LogP contribution in [0.5, 0.6) is 0 Å². The zero-order chi connectivity index (χ0) is 22.2. The molecule has 2 saturated heterocycles. The molecule has 2 fully saturated rings. The first-order chi connectivity index (χ1) is 15.6. The minimum atomic E-state index is -0.209. The van der Waals surface area contributed by atoms with Crippen LogP contribution in [0.3, 0.4) is 0 Å². The Hall–Kier alpha value is -3.11. The Morgan fingerprint density at radius 3 is 2.62 bits per heavy atom. The third kappa shape index (κ3) is 3.49. The molecule has 4 heterocycles. The van der Waals surface area contributed by atoms with Crippen molar-refractivity contribution in [3.05, 3.63) is 41.0 Å². The number of piperidine rings is 1. The number of rotatable bonds is 4. The highest BCUT2D eigenvalue weighted by molar-refractivity contribution is 5.86. The van der Waals surface area contributed by atoms with Gasteiger partial charge in [0.2, 0.25) is 5.91 Å². The standard InChI is InChI=1S/C25H29N5O2/c1-16-19(14-17-8-12-32-13-9-17)20(15-26)24-28-21-4-2-3-5-22(21)30(24)25(16)29-10-6-18(7-11-29)23(27)31/h2-5,17-18H,6-14H2,1H3,(H2,27,31). The molecule has 2 aliphatic rings. The number of benzene rings is 1. The molecule has 0 saturated carbocycles. The maximum absolute atomic E-state index is 11.7. The third-order valence-corrected chi connectivity index (χ3v) is 7.23. The SMILES string of the molecule is Cc1c(CC2CCOCC2)c(C#N)c2nc3ccccc3n2c1N1CCC(C(N)=O)CC1. The first kappa shape index (κ1) is 20.8. The van der Waals surface area contributed by atoms with E-state index in [4.69, 9.17) is 15.5 Å². The van der Waals surface area contributed by atoms with Gasteiger partial charge in [0.1, 0.15) is 11.9 Å². The Morgan fingerprint density at radius 2 is 1.94 bits per heavy atom. The second kappa shape index (κ2) is 8.44. The normalized spacial score (nSPS) is 18.3. The number of para-hydroxylation sites is 2. The Bertz CT molecular complexity index is 1210. The fourth-order valence-electron chi connectivity index (χ4n) is 5.40. The van der Waals surface area contributed by atoms with Crippen LogP contribution >= 0.6 is 0 Å². The molecule has 1 amide bonds. The molecule has 0 spiro atoms. The molecule has 2 aromatic heterocycles. The van der Waals surface area contributed by atoms with E-state index in [1.807, 2.05) is 18.2 Å². The van der Waals surface area contributed by atoms with E-state index < -0.39 is 0 Å². The van der Waals surface area contributed by atoms with Gasteiger partial charge in [0.05, 0.1) is 16.6 Å². The first-order valence-corrected chi connectivity index (χ1v) is 11.5. The molecular weight excluding hydrogens is 402 g/mol. The molecule has 0 aliphatic carbocycles. The summed E-state index contributed by atoms with van der Waals surface area (Å²) in [5, 5.41) is 10.2. The van der Waals surface area contributed by atoms with E-state index in [9.17, 15) is 10.1 Å². The lowest BCUT2D eigenvalue weighted by Crippen LogP contribution is -2.39. The van der Waals surface area contributed by atoms with Crippen LogP contribution in [-0.2, 0) is 16.0 Å². The Kier molecular flexibility index (Phi) is 5.48. The number of primary amides is 1. The molecule has 3 aromatic rings. The molecule has 0 unspecified atom stereocenters. The predicted molar refractivity (Wildman–Crippen MR) is 124 cm³/mol. The van der Waals surface area contributed by atoms with Crippen molar-refractivity contribution < 1.29 is 9.53 Å². The van der Waals surface area contributed by atoms with Crippen molar-refractivity contribution in [1.29, 1.82) is 5.26 Å². The van der Waals surface area contributed by atoms with Crippen LogP contribution in [0.25, 0.3) is 16.7 Å². The molecule has 166 valence electrons. The van der Waals surface area contributed by atoms with Gasteiger partial charge in [0.25, 0.3) is 0 Å². The molecule has 7 nitrogen and oxygen atoms in total. The number of nitrogens with zero attached hydrogens (tertiary/aromatic N) is 4. The number of aromatic nitrogens is 2. The van der Waals surface area contributed by atoms with Crippen molar-refractivity contribution in [2.45, 2.75) is 39.0 Å². The zero-order valence-electron chi connectivity index (χ0n) is 18.5. The second-order valence-corrected chi connectivity index (χ2v) is 9.10. The van der Waals surface area contributed by atoms with E-state index >= 15 is 0 Å². The number of nitriles is 1. The number of imidazole rings is 1. The van der Waals surface area contributed by atoms with Gasteiger partial charge < -0.3 is 15.4 Å². The summed E-state index contributed by atoms with van der Waals surface area (Å²) in [7, 11) is 0. The summed E-state index contributed by atoms with van der Waals surface area (Å²) in [6.45, 7) is 5.24. The molecule has 7 heteroatoms.